The number of fused-ring (bicyclic) bond motifs is 1. The first-order valence-corrected chi connectivity index (χ1v) is 8.05. The van der Waals surface area contributed by atoms with Gasteiger partial charge in [0.1, 0.15) is 5.82 Å². The molecule has 0 bridgehead atoms. The zero-order valence-electron chi connectivity index (χ0n) is 12.4. The molecule has 1 fully saturated rings. The number of halogens is 1. The SMILES string of the molecule is CCCN(C1CCCNC1)C1CCc2c(F)cccc21. The summed E-state index contributed by atoms with van der Waals surface area (Å²) >= 11 is 0. The van der Waals surface area contributed by atoms with Gasteiger partial charge in [0.05, 0.1) is 0 Å². The Balaban J connectivity index is 1.84. The largest absolute Gasteiger partial charge is 0.315 e. The molecular formula is C17H25FN2. The fraction of sp³-hybridized carbons (Fsp3) is 0.647. The van der Waals surface area contributed by atoms with Crippen LogP contribution >= 0.6 is 0 Å². The molecule has 1 heterocycles. The van der Waals surface area contributed by atoms with Gasteiger partial charge in [0.15, 0.2) is 0 Å². The van der Waals surface area contributed by atoms with Gasteiger partial charge in [-0.1, -0.05) is 19.1 Å². The highest BCUT2D eigenvalue weighted by atomic mass is 19.1. The minimum atomic E-state index is -0.0109. The summed E-state index contributed by atoms with van der Waals surface area (Å²) < 4.78 is 13.9. The molecule has 0 radical (unpaired) electrons. The van der Waals surface area contributed by atoms with Crippen LogP contribution in [-0.2, 0) is 6.42 Å². The Morgan fingerprint density at radius 1 is 1.35 bits per heavy atom. The van der Waals surface area contributed by atoms with Crippen LogP contribution in [0.25, 0.3) is 0 Å². The molecule has 3 heteroatoms. The lowest BCUT2D eigenvalue weighted by Gasteiger charge is -2.39. The molecule has 2 nitrogen and oxygen atoms in total. The molecule has 1 saturated heterocycles. The van der Waals surface area contributed by atoms with Gasteiger partial charge in [0, 0.05) is 18.6 Å². The second-order valence-electron chi connectivity index (χ2n) is 6.10. The number of hydrogen-bond donors (Lipinski definition) is 1. The molecule has 0 spiro atoms. The maximum atomic E-state index is 13.9. The van der Waals surface area contributed by atoms with E-state index in [2.05, 4.69) is 23.2 Å². The van der Waals surface area contributed by atoms with E-state index >= 15 is 0 Å². The van der Waals surface area contributed by atoms with E-state index in [1.54, 1.807) is 6.07 Å². The molecule has 1 aliphatic heterocycles. The maximum absolute atomic E-state index is 13.9. The van der Waals surface area contributed by atoms with Crippen molar-refractivity contribution in [3.63, 3.8) is 0 Å². The number of piperidine rings is 1. The second-order valence-corrected chi connectivity index (χ2v) is 6.10. The van der Waals surface area contributed by atoms with E-state index in [9.17, 15) is 4.39 Å². The molecule has 0 amide bonds. The normalized spacial score (nSPS) is 25.9. The zero-order chi connectivity index (χ0) is 13.9. The molecule has 3 rings (SSSR count). The van der Waals surface area contributed by atoms with Crippen molar-refractivity contribution >= 4 is 0 Å². The predicted molar refractivity (Wildman–Crippen MR) is 80.4 cm³/mol. The molecule has 0 aromatic heterocycles. The van der Waals surface area contributed by atoms with Gasteiger partial charge in [-0.25, -0.2) is 4.39 Å². The van der Waals surface area contributed by atoms with Crippen LogP contribution in [-0.4, -0.2) is 30.6 Å². The minimum Gasteiger partial charge on any atom is -0.315 e. The summed E-state index contributed by atoms with van der Waals surface area (Å²) in [6.07, 6.45) is 5.67. The Morgan fingerprint density at radius 3 is 3.00 bits per heavy atom. The van der Waals surface area contributed by atoms with Crippen LogP contribution in [0.2, 0.25) is 0 Å². The van der Waals surface area contributed by atoms with Crippen LogP contribution in [0.3, 0.4) is 0 Å². The highest BCUT2D eigenvalue weighted by molar-refractivity contribution is 5.35. The van der Waals surface area contributed by atoms with E-state index in [4.69, 9.17) is 0 Å². The van der Waals surface area contributed by atoms with Gasteiger partial charge < -0.3 is 5.32 Å². The maximum Gasteiger partial charge on any atom is 0.126 e. The summed E-state index contributed by atoms with van der Waals surface area (Å²) in [5.41, 5.74) is 2.20. The molecule has 0 saturated carbocycles. The topological polar surface area (TPSA) is 15.3 Å². The average molecular weight is 276 g/mol. The molecule has 1 aromatic carbocycles. The second kappa shape index (κ2) is 6.23. The molecular weight excluding hydrogens is 251 g/mol. The van der Waals surface area contributed by atoms with Crippen LogP contribution in [0.15, 0.2) is 18.2 Å². The molecule has 1 aromatic rings. The Labute approximate surface area is 121 Å². The van der Waals surface area contributed by atoms with Crippen LogP contribution in [0.4, 0.5) is 4.39 Å². The number of nitrogens with zero attached hydrogens (tertiary/aromatic N) is 1. The van der Waals surface area contributed by atoms with Gasteiger partial charge in [-0.2, -0.15) is 0 Å². The molecule has 1 N–H and O–H groups in total. The fourth-order valence-electron chi connectivity index (χ4n) is 3.90. The first kappa shape index (κ1) is 14.0. The van der Waals surface area contributed by atoms with Gasteiger partial charge in [-0.05, 0) is 62.4 Å². The van der Waals surface area contributed by atoms with Crippen molar-refractivity contribution in [1.29, 1.82) is 0 Å². The van der Waals surface area contributed by atoms with Crippen molar-refractivity contribution < 1.29 is 4.39 Å². The molecule has 2 atom stereocenters. The van der Waals surface area contributed by atoms with E-state index in [1.165, 1.54) is 18.4 Å². The summed E-state index contributed by atoms with van der Waals surface area (Å²) in [5.74, 6) is -0.0109. The highest BCUT2D eigenvalue weighted by Gasteiger charge is 2.33. The summed E-state index contributed by atoms with van der Waals surface area (Å²) in [4.78, 5) is 2.64. The van der Waals surface area contributed by atoms with Gasteiger partial charge in [0.2, 0.25) is 0 Å². The Hall–Kier alpha value is -0.930. The number of rotatable bonds is 4. The quantitative estimate of drug-likeness (QED) is 0.908. The van der Waals surface area contributed by atoms with Crippen molar-refractivity contribution in [1.82, 2.24) is 10.2 Å². The summed E-state index contributed by atoms with van der Waals surface area (Å²) in [6, 6.07) is 6.65. The van der Waals surface area contributed by atoms with Gasteiger partial charge in [0.25, 0.3) is 0 Å². The Bertz CT molecular complexity index is 454. The monoisotopic (exact) mass is 276 g/mol. The standard InChI is InChI=1S/C17H25FN2/c1-2-11-20(13-5-4-10-19-12-13)17-9-8-14-15(17)6-3-7-16(14)18/h3,6-7,13,17,19H,2,4-5,8-12H2,1H3. The molecule has 110 valence electrons. The summed E-state index contributed by atoms with van der Waals surface area (Å²) in [6.45, 7) is 5.59. The lowest BCUT2D eigenvalue weighted by Crippen LogP contribution is -2.47. The number of hydrogen-bond acceptors (Lipinski definition) is 2. The summed E-state index contributed by atoms with van der Waals surface area (Å²) in [7, 11) is 0. The predicted octanol–water partition coefficient (Wildman–Crippen LogP) is 3.28. The first-order chi connectivity index (χ1) is 9.81. The lowest BCUT2D eigenvalue weighted by molar-refractivity contribution is 0.111. The van der Waals surface area contributed by atoms with Crippen LogP contribution in [0.1, 0.15) is 49.8 Å². The van der Waals surface area contributed by atoms with E-state index in [-0.39, 0.29) is 5.82 Å². The van der Waals surface area contributed by atoms with Crippen molar-refractivity contribution in [3.05, 3.63) is 35.1 Å². The zero-order valence-corrected chi connectivity index (χ0v) is 12.4. The van der Waals surface area contributed by atoms with Crippen molar-refractivity contribution in [2.24, 2.45) is 0 Å². The Kier molecular flexibility index (Phi) is 4.37. The molecule has 2 unspecified atom stereocenters. The van der Waals surface area contributed by atoms with Crippen LogP contribution in [0.5, 0.6) is 0 Å². The highest BCUT2D eigenvalue weighted by Crippen LogP contribution is 2.38. The molecule has 2 aliphatic rings. The van der Waals surface area contributed by atoms with Gasteiger partial charge in [-0.3, -0.25) is 4.90 Å². The third-order valence-corrected chi connectivity index (χ3v) is 4.80. The van der Waals surface area contributed by atoms with Crippen molar-refractivity contribution in [2.45, 2.75) is 51.1 Å². The third kappa shape index (κ3) is 2.61. The van der Waals surface area contributed by atoms with E-state index < -0.39 is 0 Å². The minimum absolute atomic E-state index is 0.0109. The van der Waals surface area contributed by atoms with E-state index in [1.807, 2.05) is 6.07 Å². The number of nitrogens with one attached hydrogen (secondary N) is 1. The fourth-order valence-corrected chi connectivity index (χ4v) is 3.90. The van der Waals surface area contributed by atoms with Crippen LogP contribution in [0, 0.1) is 5.82 Å². The summed E-state index contributed by atoms with van der Waals surface area (Å²) in [5, 5.41) is 3.52. The number of benzene rings is 1. The van der Waals surface area contributed by atoms with E-state index in [0.717, 1.165) is 44.5 Å². The van der Waals surface area contributed by atoms with Gasteiger partial charge in [-0.15, -0.1) is 0 Å². The molecule has 1 aliphatic carbocycles. The average Bonchev–Trinajstić information content (AvgIpc) is 2.91. The van der Waals surface area contributed by atoms with Crippen molar-refractivity contribution in [3.8, 4) is 0 Å². The van der Waals surface area contributed by atoms with Gasteiger partial charge >= 0.3 is 0 Å². The first-order valence-electron chi connectivity index (χ1n) is 8.05. The lowest BCUT2D eigenvalue weighted by atomic mass is 10.00. The third-order valence-electron chi connectivity index (χ3n) is 4.80. The molecule has 20 heavy (non-hydrogen) atoms. The Morgan fingerprint density at radius 2 is 2.25 bits per heavy atom. The van der Waals surface area contributed by atoms with Crippen LogP contribution < -0.4 is 5.32 Å². The van der Waals surface area contributed by atoms with Crippen molar-refractivity contribution in [2.75, 3.05) is 19.6 Å². The smallest absolute Gasteiger partial charge is 0.126 e. The van der Waals surface area contributed by atoms with E-state index in [0.29, 0.717) is 12.1 Å².